The van der Waals surface area contributed by atoms with Crippen molar-refractivity contribution in [1.82, 2.24) is 4.98 Å². The molecule has 2 atom stereocenters. The summed E-state index contributed by atoms with van der Waals surface area (Å²) < 4.78 is 6.15. The molecule has 2 rings (SSSR count). The fourth-order valence-electron chi connectivity index (χ4n) is 2.05. The third-order valence-corrected chi connectivity index (χ3v) is 3.95. The zero-order chi connectivity index (χ0) is 13.8. The van der Waals surface area contributed by atoms with Crippen LogP contribution in [0.1, 0.15) is 30.0 Å². The van der Waals surface area contributed by atoms with Crippen LogP contribution in [0.3, 0.4) is 0 Å². The van der Waals surface area contributed by atoms with Crippen molar-refractivity contribution in [3.63, 3.8) is 0 Å². The van der Waals surface area contributed by atoms with Crippen molar-refractivity contribution in [2.75, 3.05) is 7.11 Å². The van der Waals surface area contributed by atoms with Gasteiger partial charge >= 0.3 is 0 Å². The lowest BCUT2D eigenvalue weighted by Gasteiger charge is -2.21. The highest BCUT2D eigenvalue weighted by Gasteiger charge is 2.17. The third-order valence-electron chi connectivity index (χ3n) is 3.33. The molecule has 0 spiro atoms. The van der Waals surface area contributed by atoms with Crippen LogP contribution in [0.5, 0.6) is 5.75 Å². The van der Waals surface area contributed by atoms with Gasteiger partial charge in [-0.05, 0) is 51.3 Å². The minimum absolute atomic E-state index is 0.0652. The maximum absolute atomic E-state index is 6.35. The van der Waals surface area contributed by atoms with Crippen LogP contribution >= 0.6 is 15.9 Å². The van der Waals surface area contributed by atoms with E-state index in [1.807, 2.05) is 30.3 Å². The fourth-order valence-corrected chi connectivity index (χ4v) is 2.61. The molecule has 0 bridgehead atoms. The Morgan fingerprint density at radius 2 is 1.84 bits per heavy atom. The largest absolute Gasteiger partial charge is 0.496 e. The summed E-state index contributed by atoms with van der Waals surface area (Å²) in [4.78, 5) is 4.03. The molecule has 19 heavy (non-hydrogen) atoms. The number of benzene rings is 1. The van der Waals surface area contributed by atoms with E-state index in [2.05, 4.69) is 27.8 Å². The van der Waals surface area contributed by atoms with Gasteiger partial charge in [-0.25, -0.2) is 0 Å². The highest BCUT2D eigenvalue weighted by atomic mass is 79.9. The lowest BCUT2D eigenvalue weighted by atomic mass is 9.90. The monoisotopic (exact) mass is 320 g/mol. The van der Waals surface area contributed by atoms with Crippen LogP contribution < -0.4 is 10.5 Å². The topological polar surface area (TPSA) is 48.1 Å². The van der Waals surface area contributed by atoms with Gasteiger partial charge in [-0.15, -0.1) is 0 Å². The van der Waals surface area contributed by atoms with Gasteiger partial charge in [-0.1, -0.05) is 13.0 Å². The van der Waals surface area contributed by atoms with Crippen LogP contribution in [0.2, 0.25) is 0 Å². The quantitative estimate of drug-likeness (QED) is 0.935. The standard InChI is InChI=1S/C15H17BrN2O/c1-10(11-5-7-18-8-6-11)15(17)12-3-4-14(19-2)13(16)9-12/h3-10,15H,17H2,1-2H3. The number of aromatic nitrogens is 1. The normalized spacial score (nSPS) is 13.9. The second kappa shape index (κ2) is 6.17. The maximum atomic E-state index is 6.35. The number of nitrogens with two attached hydrogens (primary N) is 1. The van der Waals surface area contributed by atoms with E-state index in [-0.39, 0.29) is 12.0 Å². The summed E-state index contributed by atoms with van der Waals surface area (Å²) in [6.07, 6.45) is 3.59. The predicted octanol–water partition coefficient (Wildman–Crippen LogP) is 3.66. The van der Waals surface area contributed by atoms with Crippen LogP contribution in [0, 0.1) is 0 Å². The predicted molar refractivity (Wildman–Crippen MR) is 80.3 cm³/mol. The fraction of sp³-hybridized carbons (Fsp3) is 0.267. The van der Waals surface area contributed by atoms with E-state index in [0.29, 0.717) is 0 Å². The summed E-state index contributed by atoms with van der Waals surface area (Å²) in [6, 6.07) is 9.89. The van der Waals surface area contributed by atoms with Crippen LogP contribution in [-0.4, -0.2) is 12.1 Å². The van der Waals surface area contributed by atoms with E-state index in [1.165, 1.54) is 5.56 Å². The smallest absolute Gasteiger partial charge is 0.133 e. The highest BCUT2D eigenvalue weighted by Crippen LogP contribution is 2.32. The van der Waals surface area contributed by atoms with Crippen molar-refractivity contribution in [1.29, 1.82) is 0 Å². The average Bonchev–Trinajstić information content (AvgIpc) is 2.46. The van der Waals surface area contributed by atoms with Gasteiger partial charge in [0.2, 0.25) is 0 Å². The average molecular weight is 321 g/mol. The molecule has 0 amide bonds. The number of rotatable bonds is 4. The molecule has 2 aromatic rings. The second-order valence-electron chi connectivity index (χ2n) is 4.49. The van der Waals surface area contributed by atoms with Crippen molar-refractivity contribution in [2.45, 2.75) is 18.9 Å². The Morgan fingerprint density at radius 3 is 2.42 bits per heavy atom. The molecule has 0 fully saturated rings. The SMILES string of the molecule is COc1ccc(C(N)C(C)c2ccncc2)cc1Br. The molecule has 2 unspecified atom stereocenters. The third kappa shape index (κ3) is 3.14. The molecule has 1 heterocycles. The van der Waals surface area contributed by atoms with E-state index < -0.39 is 0 Å². The summed E-state index contributed by atoms with van der Waals surface area (Å²) in [5.74, 6) is 1.04. The van der Waals surface area contributed by atoms with Crippen molar-refractivity contribution in [2.24, 2.45) is 5.73 Å². The first-order valence-electron chi connectivity index (χ1n) is 6.12. The number of nitrogens with zero attached hydrogens (tertiary/aromatic N) is 1. The molecule has 100 valence electrons. The van der Waals surface area contributed by atoms with Crippen molar-refractivity contribution in [3.05, 3.63) is 58.3 Å². The van der Waals surface area contributed by atoms with E-state index in [4.69, 9.17) is 10.5 Å². The van der Waals surface area contributed by atoms with Crippen molar-refractivity contribution < 1.29 is 4.74 Å². The van der Waals surface area contributed by atoms with Gasteiger partial charge in [0, 0.05) is 24.4 Å². The van der Waals surface area contributed by atoms with Crippen molar-refractivity contribution in [3.8, 4) is 5.75 Å². The molecule has 0 aliphatic rings. The Bertz CT molecular complexity index is 545. The van der Waals surface area contributed by atoms with Gasteiger partial charge in [0.15, 0.2) is 0 Å². The Hall–Kier alpha value is -1.39. The molecule has 0 aliphatic heterocycles. The van der Waals surface area contributed by atoms with Gasteiger partial charge in [0.05, 0.1) is 11.6 Å². The molecule has 2 N–H and O–H groups in total. The summed E-state index contributed by atoms with van der Waals surface area (Å²) in [5, 5.41) is 0. The van der Waals surface area contributed by atoms with E-state index >= 15 is 0 Å². The molecule has 0 aliphatic carbocycles. The molecule has 4 heteroatoms. The Morgan fingerprint density at radius 1 is 1.16 bits per heavy atom. The summed E-state index contributed by atoms with van der Waals surface area (Å²) in [6.45, 7) is 2.12. The first-order chi connectivity index (χ1) is 9.13. The minimum Gasteiger partial charge on any atom is -0.496 e. The molecular weight excluding hydrogens is 304 g/mol. The summed E-state index contributed by atoms with van der Waals surface area (Å²) in [7, 11) is 1.65. The number of hydrogen-bond acceptors (Lipinski definition) is 3. The van der Waals surface area contributed by atoms with Crippen LogP contribution in [0.15, 0.2) is 47.2 Å². The Labute approximate surface area is 121 Å². The number of hydrogen-bond donors (Lipinski definition) is 1. The molecule has 1 aromatic carbocycles. The minimum atomic E-state index is -0.0652. The zero-order valence-corrected chi connectivity index (χ0v) is 12.6. The number of methoxy groups -OCH3 is 1. The molecule has 0 saturated heterocycles. The molecule has 0 radical (unpaired) electrons. The van der Waals surface area contributed by atoms with Crippen LogP contribution in [0.25, 0.3) is 0 Å². The maximum Gasteiger partial charge on any atom is 0.133 e. The van der Waals surface area contributed by atoms with Crippen LogP contribution in [0.4, 0.5) is 0 Å². The van der Waals surface area contributed by atoms with Gasteiger partial charge in [0.1, 0.15) is 5.75 Å². The van der Waals surface area contributed by atoms with E-state index in [9.17, 15) is 0 Å². The number of ether oxygens (including phenoxy) is 1. The van der Waals surface area contributed by atoms with Gasteiger partial charge in [-0.3, -0.25) is 4.98 Å². The Balaban J connectivity index is 2.24. The van der Waals surface area contributed by atoms with Gasteiger partial charge in [-0.2, -0.15) is 0 Å². The summed E-state index contributed by atoms with van der Waals surface area (Å²) >= 11 is 3.49. The number of pyridine rings is 1. The molecule has 3 nitrogen and oxygen atoms in total. The highest BCUT2D eigenvalue weighted by molar-refractivity contribution is 9.10. The lowest BCUT2D eigenvalue weighted by molar-refractivity contribution is 0.411. The number of halogens is 1. The van der Waals surface area contributed by atoms with E-state index in [0.717, 1.165) is 15.8 Å². The first-order valence-corrected chi connectivity index (χ1v) is 6.91. The van der Waals surface area contributed by atoms with Gasteiger partial charge < -0.3 is 10.5 Å². The second-order valence-corrected chi connectivity index (χ2v) is 5.34. The van der Waals surface area contributed by atoms with E-state index in [1.54, 1.807) is 19.5 Å². The zero-order valence-electron chi connectivity index (χ0n) is 11.0. The van der Waals surface area contributed by atoms with Gasteiger partial charge in [0.25, 0.3) is 0 Å². The molecule has 1 aromatic heterocycles. The molecule has 0 saturated carbocycles. The first kappa shape index (κ1) is 14.0. The summed E-state index contributed by atoms with van der Waals surface area (Å²) in [5.41, 5.74) is 8.62. The van der Waals surface area contributed by atoms with Crippen molar-refractivity contribution >= 4 is 15.9 Å². The Kier molecular flexibility index (Phi) is 4.56. The van der Waals surface area contributed by atoms with Crippen LogP contribution in [-0.2, 0) is 0 Å². The lowest BCUT2D eigenvalue weighted by Crippen LogP contribution is -2.17. The molecular formula is C15H17BrN2O.